The van der Waals surface area contributed by atoms with Gasteiger partial charge in [0.05, 0.1) is 17.6 Å². The van der Waals surface area contributed by atoms with Gasteiger partial charge in [0.2, 0.25) is 15.9 Å². The van der Waals surface area contributed by atoms with Crippen molar-refractivity contribution in [3.63, 3.8) is 0 Å². The third-order valence-electron chi connectivity index (χ3n) is 3.32. The molecule has 1 saturated heterocycles. The Morgan fingerprint density at radius 3 is 2.59 bits per heavy atom. The third-order valence-corrected chi connectivity index (χ3v) is 4.25. The lowest BCUT2D eigenvalue weighted by atomic mass is 10.1. The van der Waals surface area contributed by atoms with E-state index in [1.807, 2.05) is 6.92 Å². The summed E-state index contributed by atoms with van der Waals surface area (Å²) in [5, 5.41) is 10.9. The summed E-state index contributed by atoms with van der Waals surface area (Å²) in [6.45, 7) is 3.40. The molecule has 1 amide bonds. The predicted molar refractivity (Wildman–Crippen MR) is 84.1 cm³/mol. The van der Waals surface area contributed by atoms with Crippen molar-refractivity contribution in [2.24, 2.45) is 5.14 Å². The van der Waals surface area contributed by atoms with Crippen molar-refractivity contribution >= 4 is 28.3 Å². The maximum absolute atomic E-state index is 12.0. The lowest BCUT2D eigenvalue weighted by molar-refractivity contribution is -0.129. The van der Waals surface area contributed by atoms with E-state index >= 15 is 0 Å². The molecule has 4 N–H and O–H groups in total. The van der Waals surface area contributed by atoms with E-state index in [9.17, 15) is 13.2 Å². The summed E-state index contributed by atoms with van der Waals surface area (Å²) < 4.78 is 27.7. The van der Waals surface area contributed by atoms with Crippen LogP contribution in [-0.4, -0.2) is 39.6 Å². The Labute approximate surface area is 136 Å². The predicted octanol–water partition coefficient (Wildman–Crippen LogP) is -0.251. The van der Waals surface area contributed by atoms with Gasteiger partial charge in [0.1, 0.15) is 6.04 Å². The van der Waals surface area contributed by atoms with E-state index in [1.54, 1.807) is 12.1 Å². The summed E-state index contributed by atoms with van der Waals surface area (Å²) >= 11 is 0. The number of amides is 1. The van der Waals surface area contributed by atoms with E-state index in [0.717, 1.165) is 5.56 Å². The van der Waals surface area contributed by atoms with Gasteiger partial charge in [0.15, 0.2) is 0 Å². The van der Waals surface area contributed by atoms with Gasteiger partial charge in [-0.25, -0.2) is 13.6 Å². The summed E-state index contributed by atoms with van der Waals surface area (Å²) in [5.74, 6) is -0.141. The van der Waals surface area contributed by atoms with Crippen LogP contribution in [0, 0.1) is 0 Å². The lowest BCUT2D eigenvalue weighted by Crippen LogP contribution is -2.55. The molecule has 0 aliphatic carbocycles. The van der Waals surface area contributed by atoms with Gasteiger partial charge in [-0.3, -0.25) is 4.79 Å². The summed E-state index contributed by atoms with van der Waals surface area (Å²) in [6.07, 6.45) is -0.177. The normalized spacial score (nSPS) is 21.7. The average Bonchev–Trinajstić information content (AvgIpc) is 2.45. The summed E-state index contributed by atoms with van der Waals surface area (Å²) in [7, 11) is -3.69. The van der Waals surface area contributed by atoms with Gasteiger partial charge in [-0.05, 0) is 24.6 Å². The molecule has 2 rings (SSSR count). The van der Waals surface area contributed by atoms with Crippen LogP contribution in [0.4, 0.5) is 0 Å². The highest BCUT2D eigenvalue weighted by Crippen LogP contribution is 2.09. The van der Waals surface area contributed by atoms with Gasteiger partial charge >= 0.3 is 0 Å². The van der Waals surface area contributed by atoms with Crippen LogP contribution in [0.15, 0.2) is 29.2 Å². The van der Waals surface area contributed by atoms with Crippen LogP contribution in [0.2, 0.25) is 0 Å². The number of primary sulfonamides is 1. The first-order valence-electron chi connectivity index (χ1n) is 6.62. The van der Waals surface area contributed by atoms with E-state index in [1.165, 1.54) is 12.1 Å². The number of carbonyl (C=O) groups is 1. The Hall–Kier alpha value is -1.19. The van der Waals surface area contributed by atoms with Gasteiger partial charge in [-0.2, -0.15) is 0 Å². The second-order valence-electron chi connectivity index (χ2n) is 4.91. The fourth-order valence-electron chi connectivity index (χ4n) is 2.12. The van der Waals surface area contributed by atoms with Crippen molar-refractivity contribution in [3.05, 3.63) is 29.8 Å². The van der Waals surface area contributed by atoms with Crippen molar-refractivity contribution < 1.29 is 17.9 Å². The number of nitrogens with one attached hydrogen (secondary N) is 2. The Bertz CT molecular complexity index is 606. The first-order chi connectivity index (χ1) is 9.88. The van der Waals surface area contributed by atoms with Gasteiger partial charge in [0, 0.05) is 13.1 Å². The molecule has 1 heterocycles. The van der Waals surface area contributed by atoms with Crippen LogP contribution in [0.25, 0.3) is 0 Å². The van der Waals surface area contributed by atoms with E-state index in [4.69, 9.17) is 9.88 Å². The highest BCUT2D eigenvalue weighted by atomic mass is 35.5. The zero-order chi connectivity index (χ0) is 15.5. The van der Waals surface area contributed by atoms with Gasteiger partial charge < -0.3 is 15.4 Å². The van der Waals surface area contributed by atoms with Crippen LogP contribution >= 0.6 is 12.4 Å². The highest BCUT2D eigenvalue weighted by Gasteiger charge is 2.27. The Balaban J connectivity index is 0.00000242. The third kappa shape index (κ3) is 4.92. The molecule has 2 atom stereocenters. The molecule has 9 heteroatoms. The Morgan fingerprint density at radius 1 is 1.41 bits per heavy atom. The van der Waals surface area contributed by atoms with Crippen molar-refractivity contribution in [2.45, 2.75) is 30.5 Å². The number of benzene rings is 1. The topological polar surface area (TPSA) is 111 Å². The molecule has 0 radical (unpaired) electrons. The molecule has 1 aromatic rings. The van der Waals surface area contributed by atoms with Crippen molar-refractivity contribution in [1.82, 2.24) is 10.6 Å². The van der Waals surface area contributed by atoms with E-state index in [2.05, 4.69) is 10.6 Å². The minimum Gasteiger partial charge on any atom is -0.375 e. The van der Waals surface area contributed by atoms with Gasteiger partial charge in [-0.1, -0.05) is 12.1 Å². The minimum absolute atomic E-state index is 0. The minimum atomic E-state index is -3.69. The number of halogens is 1. The monoisotopic (exact) mass is 349 g/mol. The van der Waals surface area contributed by atoms with E-state index in [-0.39, 0.29) is 35.4 Å². The highest BCUT2D eigenvalue weighted by molar-refractivity contribution is 7.89. The number of rotatable bonds is 4. The molecule has 124 valence electrons. The first-order valence-corrected chi connectivity index (χ1v) is 8.17. The maximum Gasteiger partial charge on any atom is 0.240 e. The van der Waals surface area contributed by atoms with Crippen molar-refractivity contribution in [3.8, 4) is 0 Å². The first kappa shape index (κ1) is 18.9. The number of carbonyl (C=O) groups excluding carboxylic acids is 1. The number of ether oxygens (including phenoxy) is 1. The molecule has 0 unspecified atom stereocenters. The average molecular weight is 350 g/mol. The Kier molecular flexibility index (Phi) is 6.76. The van der Waals surface area contributed by atoms with Crippen molar-refractivity contribution in [2.75, 3.05) is 13.2 Å². The quantitative estimate of drug-likeness (QED) is 0.694. The van der Waals surface area contributed by atoms with Crippen LogP contribution in [0.5, 0.6) is 0 Å². The molecule has 1 aliphatic rings. The van der Waals surface area contributed by atoms with Crippen LogP contribution in [0.3, 0.4) is 0 Å². The Morgan fingerprint density at radius 2 is 2.05 bits per heavy atom. The summed E-state index contributed by atoms with van der Waals surface area (Å²) in [5.41, 5.74) is 0.792. The SMILES string of the molecule is C[C@H]1OCCN[C@@H]1C(=O)NCc1ccc(S(N)(=O)=O)cc1.Cl. The zero-order valence-electron chi connectivity index (χ0n) is 12.1. The fraction of sp³-hybridized carbons (Fsp3) is 0.462. The zero-order valence-corrected chi connectivity index (χ0v) is 13.7. The number of hydrogen-bond donors (Lipinski definition) is 3. The number of nitrogens with two attached hydrogens (primary N) is 1. The van der Waals surface area contributed by atoms with Gasteiger partial charge in [-0.15, -0.1) is 12.4 Å². The van der Waals surface area contributed by atoms with Gasteiger partial charge in [0.25, 0.3) is 0 Å². The number of morpholine rings is 1. The van der Waals surface area contributed by atoms with Crippen LogP contribution < -0.4 is 15.8 Å². The molecule has 1 aliphatic heterocycles. The molecule has 0 aromatic heterocycles. The molecule has 1 aromatic carbocycles. The largest absolute Gasteiger partial charge is 0.375 e. The molecule has 0 spiro atoms. The van der Waals surface area contributed by atoms with Crippen LogP contribution in [0.1, 0.15) is 12.5 Å². The van der Waals surface area contributed by atoms with Crippen molar-refractivity contribution in [1.29, 1.82) is 0 Å². The second-order valence-corrected chi connectivity index (χ2v) is 6.48. The molecule has 22 heavy (non-hydrogen) atoms. The lowest BCUT2D eigenvalue weighted by Gasteiger charge is -2.29. The maximum atomic E-state index is 12.0. The van der Waals surface area contributed by atoms with Crippen LogP contribution in [-0.2, 0) is 26.1 Å². The molecule has 0 saturated carbocycles. The standard InChI is InChI=1S/C13H19N3O4S.ClH/c1-9-12(15-6-7-20-9)13(17)16-8-10-2-4-11(5-3-10)21(14,18)19;/h2-5,9,12,15H,6-8H2,1H3,(H,16,17)(H2,14,18,19);1H/t9-,12+;/m1./s1. The number of hydrogen-bond acceptors (Lipinski definition) is 5. The van der Waals surface area contributed by atoms with E-state index < -0.39 is 10.0 Å². The summed E-state index contributed by atoms with van der Waals surface area (Å²) in [4.78, 5) is 12.1. The fourth-order valence-corrected chi connectivity index (χ4v) is 2.64. The van der Waals surface area contributed by atoms with E-state index in [0.29, 0.717) is 19.7 Å². The number of sulfonamides is 1. The summed E-state index contributed by atoms with van der Waals surface area (Å²) in [6, 6.07) is 5.70. The smallest absolute Gasteiger partial charge is 0.240 e. The molecular formula is C13H20ClN3O4S. The molecule has 0 bridgehead atoms. The molecule has 7 nitrogen and oxygen atoms in total. The molecule has 1 fully saturated rings. The molecular weight excluding hydrogens is 330 g/mol. The second kappa shape index (κ2) is 7.89.